The van der Waals surface area contributed by atoms with Gasteiger partial charge >= 0.3 is 5.69 Å². The zero-order valence-corrected chi connectivity index (χ0v) is 9.87. The van der Waals surface area contributed by atoms with E-state index < -0.39 is 33.7 Å². The van der Waals surface area contributed by atoms with E-state index in [-0.39, 0.29) is 6.04 Å². The molecule has 0 spiro atoms. The van der Waals surface area contributed by atoms with Crippen molar-refractivity contribution in [2.45, 2.75) is 26.3 Å². The van der Waals surface area contributed by atoms with Crippen molar-refractivity contribution in [3.8, 4) is 0 Å². The molecule has 0 heterocycles. The van der Waals surface area contributed by atoms with E-state index in [1.165, 1.54) is 0 Å². The lowest BCUT2D eigenvalue weighted by molar-refractivity contribution is -0.387. The summed E-state index contributed by atoms with van der Waals surface area (Å²) in [6.07, 6.45) is 0.628. The Bertz CT molecular complexity index is 491. The standard InChI is InChI=1S/C11H12F2N2O3/c1-3-6(2)14-11(16)7-4-9(13)10(15(17)18)5-8(7)12/h4-6H,3H2,1-2H3,(H,14,16). The Balaban J connectivity index is 3.08. The van der Waals surface area contributed by atoms with Crippen molar-refractivity contribution in [1.29, 1.82) is 0 Å². The van der Waals surface area contributed by atoms with Gasteiger partial charge in [0.25, 0.3) is 5.91 Å². The molecule has 98 valence electrons. The van der Waals surface area contributed by atoms with E-state index in [4.69, 9.17) is 0 Å². The molecule has 5 nitrogen and oxygen atoms in total. The number of benzene rings is 1. The third-order valence-electron chi connectivity index (χ3n) is 2.47. The summed E-state index contributed by atoms with van der Waals surface area (Å²) in [4.78, 5) is 20.9. The van der Waals surface area contributed by atoms with Crippen molar-refractivity contribution >= 4 is 11.6 Å². The highest BCUT2D eigenvalue weighted by molar-refractivity contribution is 5.94. The molecular weight excluding hydrogens is 246 g/mol. The predicted molar refractivity (Wildman–Crippen MR) is 60.2 cm³/mol. The molecule has 0 fully saturated rings. The van der Waals surface area contributed by atoms with Crippen LogP contribution in [0.15, 0.2) is 12.1 Å². The number of hydrogen-bond acceptors (Lipinski definition) is 3. The van der Waals surface area contributed by atoms with Crippen LogP contribution in [0.1, 0.15) is 30.6 Å². The van der Waals surface area contributed by atoms with Gasteiger partial charge in [0.2, 0.25) is 5.82 Å². The molecule has 1 N–H and O–H groups in total. The Morgan fingerprint density at radius 1 is 1.44 bits per heavy atom. The lowest BCUT2D eigenvalue weighted by atomic mass is 10.1. The molecule has 1 atom stereocenters. The number of rotatable bonds is 4. The molecule has 7 heteroatoms. The average Bonchev–Trinajstić information content (AvgIpc) is 2.30. The first-order valence-electron chi connectivity index (χ1n) is 5.31. The number of carbonyl (C=O) groups excluding carboxylic acids is 1. The third-order valence-corrected chi connectivity index (χ3v) is 2.47. The van der Waals surface area contributed by atoms with Crippen LogP contribution in [0.2, 0.25) is 0 Å². The van der Waals surface area contributed by atoms with Crippen molar-refractivity contribution in [2.75, 3.05) is 0 Å². The first-order chi connectivity index (χ1) is 8.36. The molecule has 0 aliphatic rings. The quantitative estimate of drug-likeness (QED) is 0.665. The minimum absolute atomic E-state index is 0.199. The predicted octanol–water partition coefficient (Wildman–Crippen LogP) is 2.40. The second kappa shape index (κ2) is 5.52. The van der Waals surface area contributed by atoms with Crippen molar-refractivity contribution in [2.24, 2.45) is 0 Å². The molecule has 0 aliphatic carbocycles. The molecule has 1 aromatic rings. The summed E-state index contributed by atoms with van der Waals surface area (Å²) in [7, 11) is 0. The van der Waals surface area contributed by atoms with Crippen LogP contribution >= 0.6 is 0 Å². The van der Waals surface area contributed by atoms with Gasteiger partial charge in [0.15, 0.2) is 0 Å². The van der Waals surface area contributed by atoms with Gasteiger partial charge in [0, 0.05) is 6.04 Å². The number of carbonyl (C=O) groups is 1. The van der Waals surface area contributed by atoms with Crippen molar-refractivity contribution in [3.05, 3.63) is 39.4 Å². The summed E-state index contributed by atoms with van der Waals surface area (Å²) >= 11 is 0. The molecule has 1 aromatic carbocycles. The molecule has 0 radical (unpaired) electrons. The molecular formula is C11H12F2N2O3. The van der Waals surface area contributed by atoms with Crippen LogP contribution in [0, 0.1) is 21.7 Å². The van der Waals surface area contributed by atoms with Gasteiger partial charge in [-0.25, -0.2) is 4.39 Å². The smallest absolute Gasteiger partial charge is 0.307 e. The fourth-order valence-corrected chi connectivity index (χ4v) is 1.25. The average molecular weight is 258 g/mol. The number of nitrogens with zero attached hydrogens (tertiary/aromatic N) is 1. The van der Waals surface area contributed by atoms with Gasteiger partial charge in [-0.05, 0) is 19.4 Å². The molecule has 18 heavy (non-hydrogen) atoms. The fourth-order valence-electron chi connectivity index (χ4n) is 1.25. The second-order valence-corrected chi connectivity index (χ2v) is 3.82. The van der Waals surface area contributed by atoms with E-state index in [9.17, 15) is 23.7 Å². The number of hydrogen-bond donors (Lipinski definition) is 1. The Hall–Kier alpha value is -2.05. The first-order valence-corrected chi connectivity index (χ1v) is 5.31. The third kappa shape index (κ3) is 2.99. The highest BCUT2D eigenvalue weighted by Gasteiger charge is 2.22. The van der Waals surface area contributed by atoms with Crippen molar-refractivity contribution in [1.82, 2.24) is 5.32 Å². The van der Waals surface area contributed by atoms with E-state index in [2.05, 4.69) is 5.32 Å². The maximum Gasteiger partial charge on any atom is 0.307 e. The van der Waals surface area contributed by atoms with E-state index in [0.29, 0.717) is 18.6 Å². The molecule has 0 saturated heterocycles. The molecule has 1 rings (SSSR count). The Labute approximate surface area is 102 Å². The van der Waals surface area contributed by atoms with E-state index >= 15 is 0 Å². The summed E-state index contributed by atoms with van der Waals surface area (Å²) < 4.78 is 26.7. The molecule has 0 aromatic heterocycles. The molecule has 1 amide bonds. The van der Waals surface area contributed by atoms with Gasteiger partial charge in [-0.3, -0.25) is 14.9 Å². The number of amides is 1. The maximum absolute atomic E-state index is 13.5. The van der Waals surface area contributed by atoms with Crippen LogP contribution in [-0.4, -0.2) is 16.9 Å². The minimum Gasteiger partial charge on any atom is -0.350 e. The number of nitrogens with one attached hydrogen (secondary N) is 1. The molecule has 1 unspecified atom stereocenters. The normalized spacial score (nSPS) is 12.0. The zero-order chi connectivity index (χ0) is 13.9. The minimum atomic E-state index is -1.24. The summed E-state index contributed by atoms with van der Waals surface area (Å²) in [5, 5.41) is 12.8. The summed E-state index contributed by atoms with van der Waals surface area (Å²) in [6, 6.07) is 0.738. The highest BCUT2D eigenvalue weighted by Crippen LogP contribution is 2.21. The maximum atomic E-state index is 13.5. The van der Waals surface area contributed by atoms with Crippen LogP contribution in [0.3, 0.4) is 0 Å². The molecule has 0 bridgehead atoms. The fraction of sp³-hybridized carbons (Fsp3) is 0.364. The topological polar surface area (TPSA) is 72.2 Å². The van der Waals surface area contributed by atoms with Gasteiger partial charge in [-0.1, -0.05) is 6.92 Å². The highest BCUT2D eigenvalue weighted by atomic mass is 19.1. The van der Waals surface area contributed by atoms with E-state index in [1.54, 1.807) is 6.92 Å². The number of nitro groups is 1. The van der Waals surface area contributed by atoms with Gasteiger partial charge < -0.3 is 5.32 Å². The lowest BCUT2D eigenvalue weighted by Gasteiger charge is -2.11. The lowest BCUT2D eigenvalue weighted by Crippen LogP contribution is -2.32. The second-order valence-electron chi connectivity index (χ2n) is 3.82. The van der Waals surface area contributed by atoms with Crippen molar-refractivity contribution in [3.63, 3.8) is 0 Å². The van der Waals surface area contributed by atoms with Gasteiger partial charge in [0.05, 0.1) is 16.6 Å². The number of nitro benzene ring substituents is 1. The SMILES string of the molecule is CCC(C)NC(=O)c1cc(F)c([N+](=O)[O-])cc1F. The van der Waals surface area contributed by atoms with Crippen LogP contribution in [0.4, 0.5) is 14.5 Å². The first kappa shape index (κ1) is 14.0. The number of halogens is 2. The Morgan fingerprint density at radius 3 is 2.56 bits per heavy atom. The largest absolute Gasteiger partial charge is 0.350 e. The van der Waals surface area contributed by atoms with Gasteiger partial charge in [-0.2, -0.15) is 4.39 Å². The summed E-state index contributed by atoms with van der Waals surface area (Å²) in [5.41, 5.74) is -1.54. The Morgan fingerprint density at radius 2 is 2.06 bits per heavy atom. The van der Waals surface area contributed by atoms with Crippen molar-refractivity contribution < 1.29 is 18.5 Å². The summed E-state index contributed by atoms with van der Waals surface area (Å²) in [6.45, 7) is 3.52. The monoisotopic (exact) mass is 258 g/mol. The summed E-state index contributed by atoms with van der Waals surface area (Å²) in [5.74, 6) is -3.16. The Kier molecular flexibility index (Phi) is 4.30. The van der Waals surface area contributed by atoms with Gasteiger partial charge in [0.1, 0.15) is 5.82 Å². The van der Waals surface area contributed by atoms with E-state index in [0.717, 1.165) is 0 Å². The van der Waals surface area contributed by atoms with Crippen LogP contribution in [-0.2, 0) is 0 Å². The van der Waals surface area contributed by atoms with E-state index in [1.807, 2.05) is 6.92 Å². The molecule has 0 saturated carbocycles. The molecule has 0 aliphatic heterocycles. The zero-order valence-electron chi connectivity index (χ0n) is 9.87. The van der Waals surface area contributed by atoms with Gasteiger partial charge in [-0.15, -0.1) is 0 Å². The van der Waals surface area contributed by atoms with Crippen LogP contribution in [0.5, 0.6) is 0 Å². The van der Waals surface area contributed by atoms with Crippen LogP contribution < -0.4 is 5.32 Å². The van der Waals surface area contributed by atoms with Crippen LogP contribution in [0.25, 0.3) is 0 Å².